The molecule has 2 N–H and O–H groups in total. The van der Waals surface area contributed by atoms with Crippen molar-refractivity contribution in [3.63, 3.8) is 0 Å². The third-order valence-electron chi connectivity index (χ3n) is 4.45. The Kier molecular flexibility index (Phi) is 6.49. The number of benzene rings is 1. The topological polar surface area (TPSA) is 82.9 Å². The van der Waals surface area contributed by atoms with Gasteiger partial charge in [0.25, 0.3) is 0 Å². The molecule has 3 rings (SSSR count). The van der Waals surface area contributed by atoms with Gasteiger partial charge in [0.2, 0.25) is 0 Å². The number of aldehydes is 1. The van der Waals surface area contributed by atoms with Gasteiger partial charge in [-0.1, -0.05) is 12.1 Å². The average molecular weight is 374 g/mol. The van der Waals surface area contributed by atoms with Crippen LogP contribution in [0.3, 0.4) is 0 Å². The lowest BCUT2D eigenvalue weighted by Gasteiger charge is -2.35. The maximum atomic E-state index is 11.2. The van der Waals surface area contributed by atoms with Gasteiger partial charge in [0.1, 0.15) is 18.1 Å². The molecule has 0 spiro atoms. The zero-order valence-corrected chi connectivity index (χ0v) is 15.2. The molecule has 0 bridgehead atoms. The molecule has 1 aromatic carbocycles. The Labute approximate surface area is 156 Å². The van der Waals surface area contributed by atoms with Gasteiger partial charge in [-0.25, -0.2) is 0 Å². The Morgan fingerprint density at radius 3 is 3.04 bits per heavy atom. The highest BCUT2D eigenvalue weighted by molar-refractivity contribution is 7.99. The number of hydrogen-bond donors (Lipinski definition) is 2. The van der Waals surface area contributed by atoms with Crippen molar-refractivity contribution in [2.24, 2.45) is 0 Å². The van der Waals surface area contributed by atoms with E-state index in [1.165, 1.54) is 6.07 Å². The molecular formula is C19H22N2O4S. The number of phenols is 1. The van der Waals surface area contributed by atoms with Crippen LogP contribution >= 0.6 is 11.8 Å². The van der Waals surface area contributed by atoms with E-state index in [1.807, 2.05) is 23.9 Å². The van der Waals surface area contributed by atoms with E-state index in [0.717, 1.165) is 23.6 Å². The van der Waals surface area contributed by atoms with E-state index in [2.05, 4.69) is 9.88 Å². The lowest BCUT2D eigenvalue weighted by molar-refractivity contribution is 0.111. The molecule has 0 amide bonds. The van der Waals surface area contributed by atoms with Crippen LogP contribution in [0.4, 0.5) is 0 Å². The van der Waals surface area contributed by atoms with E-state index < -0.39 is 0 Å². The van der Waals surface area contributed by atoms with Crippen molar-refractivity contribution in [3.8, 4) is 11.5 Å². The van der Waals surface area contributed by atoms with E-state index in [4.69, 9.17) is 4.74 Å². The number of pyridine rings is 1. The van der Waals surface area contributed by atoms with Gasteiger partial charge >= 0.3 is 0 Å². The Morgan fingerprint density at radius 1 is 1.35 bits per heavy atom. The number of aliphatic hydroxyl groups excluding tert-OH is 1. The number of aromatic hydroxyl groups is 1. The predicted octanol–water partition coefficient (Wildman–Crippen LogP) is 2.09. The first-order valence-electron chi connectivity index (χ1n) is 8.48. The minimum atomic E-state index is -0.0775. The Balaban J connectivity index is 1.70. The summed E-state index contributed by atoms with van der Waals surface area (Å²) in [5.41, 5.74) is 1.89. The smallest absolute Gasteiger partial charge is 0.157 e. The standard InChI is InChI=1S/C19H22N2O4S/c22-10-16-18(24)4-1-5-19(16)25-12-15-13-26-8-7-21(15)9-14-3-2-6-20-17(14)11-23/h1-6,10,15,23-24H,7-9,11-13H2/t15-/m1/s1. The molecule has 1 aromatic heterocycles. The number of carbonyl (C=O) groups excluding carboxylic acids is 1. The summed E-state index contributed by atoms with van der Waals surface area (Å²) in [6, 6.07) is 8.85. The lowest BCUT2D eigenvalue weighted by atomic mass is 10.1. The molecule has 138 valence electrons. The average Bonchev–Trinajstić information content (AvgIpc) is 2.68. The van der Waals surface area contributed by atoms with Gasteiger partial charge in [-0.15, -0.1) is 0 Å². The minimum absolute atomic E-state index is 0.0738. The number of nitrogens with zero attached hydrogens (tertiary/aromatic N) is 2. The van der Waals surface area contributed by atoms with E-state index >= 15 is 0 Å². The molecule has 1 aliphatic rings. The van der Waals surface area contributed by atoms with Gasteiger partial charge in [-0.3, -0.25) is 14.7 Å². The van der Waals surface area contributed by atoms with Gasteiger partial charge < -0.3 is 14.9 Å². The summed E-state index contributed by atoms with van der Waals surface area (Å²) in [6.07, 6.45) is 2.30. The SMILES string of the molecule is O=Cc1c(O)cccc1OC[C@@H]1CSCCN1Cc1cccnc1CO. The van der Waals surface area contributed by atoms with Gasteiger partial charge in [0.05, 0.1) is 23.9 Å². The fourth-order valence-electron chi connectivity index (χ4n) is 2.99. The molecule has 1 saturated heterocycles. The van der Waals surface area contributed by atoms with Crippen LogP contribution in [0, 0.1) is 0 Å². The van der Waals surface area contributed by atoms with Crippen LogP contribution in [0.15, 0.2) is 36.5 Å². The van der Waals surface area contributed by atoms with Crippen molar-refractivity contribution in [2.75, 3.05) is 24.7 Å². The number of phenolic OH excluding ortho intramolecular Hbond substituents is 1. The van der Waals surface area contributed by atoms with Crippen LogP contribution in [0.2, 0.25) is 0 Å². The maximum absolute atomic E-state index is 11.2. The van der Waals surface area contributed by atoms with Crippen molar-refractivity contribution in [1.82, 2.24) is 9.88 Å². The molecule has 6 nitrogen and oxygen atoms in total. The van der Waals surface area contributed by atoms with Crippen LogP contribution in [-0.4, -0.2) is 57.1 Å². The number of aromatic nitrogens is 1. The second-order valence-electron chi connectivity index (χ2n) is 6.08. The number of ether oxygens (including phenoxy) is 1. The van der Waals surface area contributed by atoms with E-state index in [9.17, 15) is 15.0 Å². The summed E-state index contributed by atoms with van der Waals surface area (Å²) in [4.78, 5) is 17.7. The summed E-state index contributed by atoms with van der Waals surface area (Å²) in [7, 11) is 0. The first-order valence-corrected chi connectivity index (χ1v) is 9.63. The van der Waals surface area contributed by atoms with Crippen molar-refractivity contribution in [1.29, 1.82) is 0 Å². The van der Waals surface area contributed by atoms with Crippen molar-refractivity contribution >= 4 is 18.0 Å². The normalized spacial score (nSPS) is 17.8. The third-order valence-corrected chi connectivity index (χ3v) is 5.54. The van der Waals surface area contributed by atoms with Gasteiger partial charge in [-0.05, 0) is 23.8 Å². The van der Waals surface area contributed by atoms with Gasteiger partial charge in [-0.2, -0.15) is 11.8 Å². The third kappa shape index (κ3) is 4.35. The minimum Gasteiger partial charge on any atom is -0.507 e. The first-order chi connectivity index (χ1) is 12.7. The number of hydrogen-bond acceptors (Lipinski definition) is 7. The monoisotopic (exact) mass is 374 g/mol. The Bertz CT molecular complexity index is 756. The predicted molar refractivity (Wildman–Crippen MR) is 101 cm³/mol. The lowest BCUT2D eigenvalue weighted by Crippen LogP contribution is -2.45. The van der Waals surface area contributed by atoms with E-state index in [0.29, 0.717) is 30.9 Å². The van der Waals surface area contributed by atoms with Crippen LogP contribution < -0.4 is 4.74 Å². The molecule has 2 aromatic rings. The molecule has 1 aliphatic heterocycles. The van der Waals surface area contributed by atoms with Crippen molar-refractivity contribution in [2.45, 2.75) is 19.2 Å². The first kappa shape index (κ1) is 18.7. The molecule has 1 fully saturated rings. The fraction of sp³-hybridized carbons (Fsp3) is 0.368. The second-order valence-corrected chi connectivity index (χ2v) is 7.23. The maximum Gasteiger partial charge on any atom is 0.157 e. The highest BCUT2D eigenvalue weighted by Gasteiger charge is 2.25. The fourth-order valence-corrected chi connectivity index (χ4v) is 4.10. The molecule has 26 heavy (non-hydrogen) atoms. The number of carbonyl (C=O) groups is 1. The number of aliphatic hydroxyl groups is 1. The van der Waals surface area contributed by atoms with Crippen molar-refractivity contribution < 1.29 is 19.7 Å². The molecule has 0 saturated carbocycles. The Morgan fingerprint density at radius 2 is 2.23 bits per heavy atom. The summed E-state index contributed by atoms with van der Waals surface area (Å²) in [6.45, 7) is 1.95. The molecule has 0 aliphatic carbocycles. The van der Waals surface area contributed by atoms with Gasteiger partial charge in [0.15, 0.2) is 6.29 Å². The molecule has 0 radical (unpaired) electrons. The molecular weight excluding hydrogens is 352 g/mol. The molecule has 2 heterocycles. The highest BCUT2D eigenvalue weighted by atomic mass is 32.2. The largest absolute Gasteiger partial charge is 0.507 e. The summed E-state index contributed by atoms with van der Waals surface area (Å²) in [5, 5.41) is 19.3. The van der Waals surface area contributed by atoms with Crippen LogP contribution in [-0.2, 0) is 13.2 Å². The van der Waals surface area contributed by atoms with Crippen LogP contribution in [0.1, 0.15) is 21.6 Å². The highest BCUT2D eigenvalue weighted by Crippen LogP contribution is 2.27. The van der Waals surface area contributed by atoms with Crippen molar-refractivity contribution in [3.05, 3.63) is 53.3 Å². The Hall–Kier alpha value is -2.09. The summed E-state index contributed by atoms with van der Waals surface area (Å²) < 4.78 is 5.86. The second kappa shape index (κ2) is 9.02. The summed E-state index contributed by atoms with van der Waals surface area (Å²) in [5.74, 6) is 2.28. The van der Waals surface area contributed by atoms with E-state index in [1.54, 1.807) is 18.3 Å². The number of rotatable bonds is 7. The summed E-state index contributed by atoms with van der Waals surface area (Å²) >= 11 is 1.87. The van der Waals surface area contributed by atoms with Crippen LogP contribution in [0.25, 0.3) is 0 Å². The quantitative estimate of drug-likeness (QED) is 0.718. The van der Waals surface area contributed by atoms with E-state index in [-0.39, 0.29) is 24.0 Å². The van der Waals surface area contributed by atoms with Crippen LogP contribution in [0.5, 0.6) is 11.5 Å². The zero-order valence-electron chi connectivity index (χ0n) is 14.4. The molecule has 0 unspecified atom stereocenters. The molecule has 1 atom stereocenters. The molecule has 7 heteroatoms. The number of thioether (sulfide) groups is 1. The zero-order chi connectivity index (χ0) is 18.4. The van der Waals surface area contributed by atoms with Gasteiger partial charge in [0, 0.05) is 30.8 Å².